The molecule has 0 aliphatic heterocycles. The number of benzene rings is 1. The molecule has 3 rings (SSSR count). The van der Waals surface area contributed by atoms with Gasteiger partial charge in [0.05, 0.1) is 0 Å². The summed E-state index contributed by atoms with van der Waals surface area (Å²) in [6.45, 7) is 2.27. The topological polar surface area (TPSA) is 23.8 Å². The molecule has 36 heavy (non-hydrogen) atoms. The van der Waals surface area contributed by atoms with Gasteiger partial charge >= 0.3 is 0 Å². The third-order valence-electron chi connectivity index (χ3n) is 9.10. The number of halogens is 1. The van der Waals surface area contributed by atoms with Crippen molar-refractivity contribution in [1.29, 1.82) is 5.26 Å². The zero-order chi connectivity index (χ0) is 25.4. The van der Waals surface area contributed by atoms with Crippen LogP contribution in [-0.2, 0) is 12.8 Å². The fraction of sp³-hybridized carbons (Fsp3) is 0.676. The van der Waals surface area contributed by atoms with Crippen LogP contribution in [0.3, 0.4) is 0 Å². The Morgan fingerprint density at radius 1 is 0.806 bits per heavy atom. The first-order valence-electron chi connectivity index (χ1n) is 15.2. The first-order chi connectivity index (χ1) is 17.7. The second-order valence-corrected chi connectivity index (χ2v) is 11.7. The smallest absolute Gasteiger partial charge is 0.195 e. The molecule has 2 aliphatic rings. The number of allylic oxidation sites excluding steroid dienone is 4. The third kappa shape index (κ3) is 10.6. The average molecular weight is 492 g/mol. The van der Waals surface area contributed by atoms with Crippen LogP contribution < -0.4 is 0 Å². The van der Waals surface area contributed by atoms with Gasteiger partial charge in [0.2, 0.25) is 0 Å². The third-order valence-corrected chi connectivity index (χ3v) is 9.10. The number of hydrogen-bond acceptors (Lipinski definition) is 1. The van der Waals surface area contributed by atoms with Crippen LogP contribution in [-0.4, -0.2) is 0 Å². The first kappa shape index (κ1) is 28.7. The summed E-state index contributed by atoms with van der Waals surface area (Å²) in [6, 6.07) is 11.0. The van der Waals surface area contributed by atoms with E-state index in [1.165, 1.54) is 132 Å². The maximum atomic E-state index is 12.8. The predicted molar refractivity (Wildman–Crippen MR) is 151 cm³/mol. The lowest BCUT2D eigenvalue weighted by atomic mass is 9.68. The molecule has 0 amide bonds. The number of aryl methyl sites for hydroxylation is 2. The van der Waals surface area contributed by atoms with Crippen LogP contribution in [0, 0.1) is 35.0 Å². The van der Waals surface area contributed by atoms with E-state index in [1.54, 1.807) is 6.08 Å². The number of nitriles is 1. The van der Waals surface area contributed by atoms with Crippen LogP contribution >= 0.6 is 0 Å². The van der Waals surface area contributed by atoms with Crippen molar-refractivity contribution < 1.29 is 4.39 Å². The van der Waals surface area contributed by atoms with Gasteiger partial charge in [0, 0.05) is 0 Å². The molecular formula is C34H50FN. The summed E-state index contributed by atoms with van der Waals surface area (Å²) in [5.41, 5.74) is 3.03. The number of nitrogens with zero attached hydrogens (tertiary/aromatic N) is 1. The molecule has 198 valence electrons. The van der Waals surface area contributed by atoms with Crippen molar-refractivity contribution in [1.82, 2.24) is 0 Å². The van der Waals surface area contributed by atoms with Crippen molar-refractivity contribution in [3.63, 3.8) is 0 Å². The predicted octanol–water partition coefficient (Wildman–Crippen LogP) is 10.5. The second kappa shape index (κ2) is 16.8. The highest BCUT2D eigenvalue weighted by atomic mass is 19.1. The number of hydrogen-bond donors (Lipinski definition) is 0. The van der Waals surface area contributed by atoms with Gasteiger partial charge in [0.25, 0.3) is 0 Å². The highest BCUT2D eigenvalue weighted by Gasteiger charge is 2.30. The summed E-state index contributed by atoms with van der Waals surface area (Å²) in [7, 11) is 0. The van der Waals surface area contributed by atoms with Crippen LogP contribution in [0.1, 0.15) is 121 Å². The Morgan fingerprint density at radius 2 is 1.33 bits per heavy atom. The van der Waals surface area contributed by atoms with Gasteiger partial charge in [-0.3, -0.25) is 0 Å². The van der Waals surface area contributed by atoms with E-state index in [0.29, 0.717) is 0 Å². The molecule has 0 atom stereocenters. The minimum Gasteiger partial charge on any atom is -0.195 e. The van der Waals surface area contributed by atoms with Gasteiger partial charge < -0.3 is 0 Å². The molecule has 1 nitrogen and oxygen atoms in total. The number of rotatable bonds is 14. The fourth-order valence-corrected chi connectivity index (χ4v) is 6.73. The SMILES string of the molecule is CCCCCc1ccc(CCCCC2CCC(C3CCC(CCC=CC=C(F)C#N)CC3)CC2)cc1. The maximum absolute atomic E-state index is 12.8. The molecule has 0 aromatic heterocycles. The molecule has 0 saturated heterocycles. The molecule has 0 spiro atoms. The minimum absolute atomic E-state index is 0.708. The van der Waals surface area contributed by atoms with Gasteiger partial charge in [0.15, 0.2) is 5.83 Å². The Balaban J connectivity index is 1.22. The quantitative estimate of drug-likeness (QED) is 0.144. The Morgan fingerprint density at radius 3 is 1.86 bits per heavy atom. The monoisotopic (exact) mass is 491 g/mol. The van der Waals surface area contributed by atoms with Crippen LogP contribution in [0.4, 0.5) is 4.39 Å². The van der Waals surface area contributed by atoms with Crippen LogP contribution in [0.25, 0.3) is 0 Å². The van der Waals surface area contributed by atoms with E-state index < -0.39 is 5.83 Å². The summed E-state index contributed by atoms with van der Waals surface area (Å²) < 4.78 is 12.8. The molecule has 0 radical (unpaired) electrons. The summed E-state index contributed by atoms with van der Waals surface area (Å²) in [5, 5.41) is 8.43. The van der Waals surface area contributed by atoms with Crippen LogP contribution in [0.15, 0.2) is 48.3 Å². The Bertz CT molecular complexity index is 814. The van der Waals surface area contributed by atoms with E-state index in [0.717, 1.165) is 30.1 Å². The molecule has 0 unspecified atom stereocenters. The zero-order valence-corrected chi connectivity index (χ0v) is 22.9. The molecule has 1 aromatic carbocycles. The van der Waals surface area contributed by atoms with E-state index in [1.807, 2.05) is 6.08 Å². The van der Waals surface area contributed by atoms with Crippen LogP contribution in [0.2, 0.25) is 0 Å². The lowest BCUT2D eigenvalue weighted by molar-refractivity contribution is 0.140. The van der Waals surface area contributed by atoms with Gasteiger partial charge in [-0.25, -0.2) is 0 Å². The Labute approximate surface area is 221 Å². The van der Waals surface area contributed by atoms with Gasteiger partial charge in [-0.05, 0) is 105 Å². The van der Waals surface area contributed by atoms with Gasteiger partial charge in [-0.15, -0.1) is 0 Å². The Hall–Kier alpha value is -1.88. The summed E-state index contributed by atoms with van der Waals surface area (Å²) >= 11 is 0. The molecule has 0 N–H and O–H groups in total. The van der Waals surface area contributed by atoms with Crippen molar-refractivity contribution >= 4 is 0 Å². The van der Waals surface area contributed by atoms with Crippen molar-refractivity contribution in [3.05, 3.63) is 59.4 Å². The van der Waals surface area contributed by atoms with Crippen molar-refractivity contribution in [3.8, 4) is 6.07 Å². The lowest BCUT2D eigenvalue weighted by Gasteiger charge is -2.38. The summed E-state index contributed by atoms with van der Waals surface area (Å²) in [5.74, 6) is 3.06. The van der Waals surface area contributed by atoms with Gasteiger partial charge in [-0.1, -0.05) is 94.7 Å². The van der Waals surface area contributed by atoms with E-state index >= 15 is 0 Å². The molecule has 2 saturated carbocycles. The molecule has 1 aromatic rings. The van der Waals surface area contributed by atoms with Gasteiger partial charge in [-0.2, -0.15) is 9.65 Å². The van der Waals surface area contributed by atoms with Crippen molar-refractivity contribution in [2.75, 3.05) is 0 Å². The molecular weight excluding hydrogens is 441 g/mol. The van der Waals surface area contributed by atoms with Crippen molar-refractivity contribution in [2.45, 2.75) is 122 Å². The maximum Gasteiger partial charge on any atom is 0.199 e. The zero-order valence-electron chi connectivity index (χ0n) is 22.9. The van der Waals surface area contributed by atoms with Crippen molar-refractivity contribution in [2.24, 2.45) is 23.7 Å². The molecule has 0 bridgehead atoms. The van der Waals surface area contributed by atoms with E-state index in [4.69, 9.17) is 5.26 Å². The average Bonchev–Trinajstić information content (AvgIpc) is 2.92. The normalized spacial score (nSPS) is 25.2. The molecule has 2 heteroatoms. The molecule has 2 aliphatic carbocycles. The summed E-state index contributed by atoms with van der Waals surface area (Å²) in [6.07, 6.45) is 29.3. The Kier molecular flexibility index (Phi) is 13.4. The fourth-order valence-electron chi connectivity index (χ4n) is 6.73. The van der Waals surface area contributed by atoms with Gasteiger partial charge in [0.1, 0.15) is 6.07 Å². The highest BCUT2D eigenvalue weighted by Crippen LogP contribution is 2.43. The van der Waals surface area contributed by atoms with E-state index in [9.17, 15) is 4.39 Å². The first-order valence-corrected chi connectivity index (χ1v) is 15.2. The second-order valence-electron chi connectivity index (χ2n) is 11.7. The lowest BCUT2D eigenvalue weighted by Crippen LogP contribution is -2.25. The molecule has 0 heterocycles. The van der Waals surface area contributed by atoms with E-state index in [-0.39, 0.29) is 0 Å². The summed E-state index contributed by atoms with van der Waals surface area (Å²) in [4.78, 5) is 0. The minimum atomic E-state index is -0.708. The number of unbranched alkanes of at least 4 members (excludes halogenated alkanes) is 3. The highest BCUT2D eigenvalue weighted by molar-refractivity contribution is 5.22. The van der Waals surface area contributed by atoms with Crippen LogP contribution in [0.5, 0.6) is 0 Å². The largest absolute Gasteiger partial charge is 0.199 e. The van der Waals surface area contributed by atoms with E-state index in [2.05, 4.69) is 31.2 Å². The molecule has 2 fully saturated rings. The standard InChI is InChI=1S/C34H50FN/c1-2-3-5-10-28-15-17-29(18-16-28)12-8-9-13-31-21-25-33(26-22-31)32-23-19-30(20-24-32)11-6-4-7-14-34(35)27-36/h4,7,14-18,30-33H,2-3,5-6,8-13,19-26H2,1H3.